The molecule has 6 heteroatoms. The fourth-order valence-corrected chi connectivity index (χ4v) is 3.47. The SMILES string of the molecule is O=C(Cc1ccc2[nH]ncc2c1)N1C[C@H](O)C[C@@H]1c1ccc(F)cc1. The highest BCUT2D eigenvalue weighted by Crippen LogP contribution is 2.33. The maximum Gasteiger partial charge on any atom is 0.227 e. The van der Waals surface area contributed by atoms with E-state index < -0.39 is 6.10 Å². The Labute approximate surface area is 144 Å². The Bertz CT molecular complexity index is 906. The number of hydrogen-bond acceptors (Lipinski definition) is 3. The molecule has 5 nitrogen and oxygen atoms in total. The topological polar surface area (TPSA) is 69.2 Å². The van der Waals surface area contributed by atoms with Crippen molar-refractivity contribution in [2.24, 2.45) is 0 Å². The summed E-state index contributed by atoms with van der Waals surface area (Å²) in [5, 5.41) is 17.9. The number of aromatic amines is 1. The van der Waals surface area contributed by atoms with Crippen LogP contribution >= 0.6 is 0 Å². The first-order valence-electron chi connectivity index (χ1n) is 8.25. The van der Waals surface area contributed by atoms with Gasteiger partial charge in [0.05, 0.1) is 30.3 Å². The minimum Gasteiger partial charge on any atom is -0.391 e. The van der Waals surface area contributed by atoms with Crippen molar-refractivity contribution < 1.29 is 14.3 Å². The fourth-order valence-electron chi connectivity index (χ4n) is 3.47. The van der Waals surface area contributed by atoms with Gasteiger partial charge in [-0.15, -0.1) is 0 Å². The predicted octanol–water partition coefficient (Wildman–Crippen LogP) is 2.58. The summed E-state index contributed by atoms with van der Waals surface area (Å²) in [4.78, 5) is 14.5. The van der Waals surface area contributed by atoms with Gasteiger partial charge in [0.2, 0.25) is 5.91 Å². The summed E-state index contributed by atoms with van der Waals surface area (Å²) in [5.74, 6) is -0.359. The van der Waals surface area contributed by atoms with Gasteiger partial charge in [-0.1, -0.05) is 18.2 Å². The molecule has 2 aromatic carbocycles. The lowest BCUT2D eigenvalue weighted by molar-refractivity contribution is -0.131. The molecule has 2 atom stereocenters. The van der Waals surface area contributed by atoms with Crippen molar-refractivity contribution >= 4 is 16.8 Å². The second-order valence-corrected chi connectivity index (χ2v) is 6.47. The molecule has 2 N–H and O–H groups in total. The number of rotatable bonds is 3. The molecule has 1 aromatic heterocycles. The number of β-amino-alcohol motifs (C(OH)–C–C–N with tert-alkyl or cyclic N) is 1. The van der Waals surface area contributed by atoms with Crippen LogP contribution in [0.3, 0.4) is 0 Å². The number of nitrogens with zero attached hydrogens (tertiary/aromatic N) is 2. The number of aliphatic hydroxyl groups is 1. The molecule has 1 fully saturated rings. The summed E-state index contributed by atoms with van der Waals surface area (Å²) in [6, 6.07) is 11.6. The van der Waals surface area contributed by atoms with Crippen LogP contribution in [-0.2, 0) is 11.2 Å². The first-order chi connectivity index (χ1) is 12.1. The molecule has 0 saturated carbocycles. The largest absolute Gasteiger partial charge is 0.391 e. The number of carbonyl (C=O) groups excluding carboxylic acids is 1. The lowest BCUT2D eigenvalue weighted by atomic mass is 10.0. The molecule has 0 unspecified atom stereocenters. The summed E-state index contributed by atoms with van der Waals surface area (Å²) in [5.41, 5.74) is 2.67. The van der Waals surface area contributed by atoms with Gasteiger partial charge in [0.15, 0.2) is 0 Å². The van der Waals surface area contributed by atoms with Crippen LogP contribution in [0.2, 0.25) is 0 Å². The number of likely N-dealkylation sites (tertiary alicyclic amines) is 1. The van der Waals surface area contributed by atoms with Gasteiger partial charge >= 0.3 is 0 Å². The second-order valence-electron chi connectivity index (χ2n) is 6.47. The van der Waals surface area contributed by atoms with Gasteiger partial charge in [-0.3, -0.25) is 9.89 Å². The highest BCUT2D eigenvalue weighted by atomic mass is 19.1. The quantitative estimate of drug-likeness (QED) is 0.771. The summed E-state index contributed by atoms with van der Waals surface area (Å²) in [7, 11) is 0. The Balaban J connectivity index is 1.55. The number of aromatic nitrogens is 2. The minimum absolute atomic E-state index is 0.0475. The van der Waals surface area contributed by atoms with E-state index in [-0.39, 0.29) is 24.2 Å². The van der Waals surface area contributed by atoms with Crippen molar-refractivity contribution in [3.8, 4) is 0 Å². The van der Waals surface area contributed by atoms with E-state index in [0.29, 0.717) is 13.0 Å². The smallest absolute Gasteiger partial charge is 0.227 e. The van der Waals surface area contributed by atoms with Crippen molar-refractivity contribution in [3.05, 3.63) is 65.6 Å². The van der Waals surface area contributed by atoms with E-state index >= 15 is 0 Å². The zero-order valence-corrected chi connectivity index (χ0v) is 13.5. The molecule has 128 valence electrons. The van der Waals surface area contributed by atoms with Crippen LogP contribution in [0.15, 0.2) is 48.7 Å². The van der Waals surface area contributed by atoms with Gasteiger partial charge < -0.3 is 10.0 Å². The summed E-state index contributed by atoms with van der Waals surface area (Å²) < 4.78 is 13.2. The van der Waals surface area contributed by atoms with Gasteiger partial charge in [-0.2, -0.15) is 5.10 Å². The number of hydrogen-bond donors (Lipinski definition) is 2. The molecule has 2 heterocycles. The van der Waals surface area contributed by atoms with Crippen molar-refractivity contribution in [3.63, 3.8) is 0 Å². The number of aliphatic hydroxyl groups excluding tert-OH is 1. The van der Waals surface area contributed by atoms with E-state index in [9.17, 15) is 14.3 Å². The van der Waals surface area contributed by atoms with Gasteiger partial charge in [-0.25, -0.2) is 4.39 Å². The van der Waals surface area contributed by atoms with E-state index in [1.54, 1.807) is 23.2 Å². The zero-order valence-electron chi connectivity index (χ0n) is 13.5. The molecule has 0 spiro atoms. The average molecular weight is 339 g/mol. The standard InChI is InChI=1S/C19H18FN3O2/c20-15-4-2-13(3-5-15)18-9-16(24)11-23(18)19(25)8-12-1-6-17-14(7-12)10-21-22-17/h1-7,10,16,18,24H,8-9,11H2,(H,21,22)/t16-,18-/m1/s1. The van der Waals surface area contributed by atoms with Crippen LogP contribution in [-0.4, -0.2) is 38.8 Å². The monoisotopic (exact) mass is 339 g/mol. The fraction of sp³-hybridized carbons (Fsp3) is 0.263. The minimum atomic E-state index is -0.560. The first-order valence-corrected chi connectivity index (χ1v) is 8.25. The molecule has 0 aliphatic carbocycles. The van der Waals surface area contributed by atoms with Crippen LogP contribution in [0, 0.1) is 5.82 Å². The molecular weight excluding hydrogens is 321 g/mol. The molecule has 1 saturated heterocycles. The Hall–Kier alpha value is -2.73. The van der Waals surface area contributed by atoms with Gasteiger partial charge in [0.25, 0.3) is 0 Å². The third-order valence-electron chi connectivity index (χ3n) is 4.71. The molecule has 3 aromatic rings. The molecule has 4 rings (SSSR count). The van der Waals surface area contributed by atoms with Crippen molar-refractivity contribution in [2.45, 2.75) is 25.0 Å². The maximum absolute atomic E-state index is 13.2. The van der Waals surface area contributed by atoms with E-state index in [4.69, 9.17) is 0 Å². The number of amides is 1. The Morgan fingerprint density at radius 3 is 2.88 bits per heavy atom. The van der Waals surface area contributed by atoms with Crippen LogP contribution < -0.4 is 0 Å². The molecule has 1 aliphatic heterocycles. The number of halogens is 1. The molecule has 1 aliphatic rings. The second kappa shape index (κ2) is 6.29. The lowest BCUT2D eigenvalue weighted by Crippen LogP contribution is -2.33. The van der Waals surface area contributed by atoms with Crippen molar-refractivity contribution in [1.82, 2.24) is 15.1 Å². The van der Waals surface area contributed by atoms with E-state index in [1.807, 2.05) is 18.2 Å². The predicted molar refractivity (Wildman–Crippen MR) is 91.3 cm³/mol. The zero-order chi connectivity index (χ0) is 17.4. The maximum atomic E-state index is 13.2. The van der Waals surface area contributed by atoms with Gasteiger partial charge in [0.1, 0.15) is 5.82 Å². The summed E-state index contributed by atoms with van der Waals surface area (Å²) >= 11 is 0. The summed E-state index contributed by atoms with van der Waals surface area (Å²) in [6.07, 6.45) is 1.89. The Morgan fingerprint density at radius 1 is 1.28 bits per heavy atom. The summed E-state index contributed by atoms with van der Waals surface area (Å²) in [6.45, 7) is 0.300. The van der Waals surface area contributed by atoms with Gasteiger partial charge in [0, 0.05) is 11.9 Å². The number of carbonyl (C=O) groups is 1. The highest BCUT2D eigenvalue weighted by molar-refractivity contribution is 5.83. The first kappa shape index (κ1) is 15.8. The van der Waals surface area contributed by atoms with E-state index in [1.165, 1.54) is 12.1 Å². The molecular formula is C19H18FN3O2. The third kappa shape index (κ3) is 3.13. The number of benzene rings is 2. The Morgan fingerprint density at radius 2 is 2.08 bits per heavy atom. The van der Waals surface area contributed by atoms with E-state index in [2.05, 4.69) is 10.2 Å². The molecule has 1 amide bonds. The van der Waals surface area contributed by atoms with E-state index in [0.717, 1.165) is 22.0 Å². The van der Waals surface area contributed by atoms with Crippen molar-refractivity contribution in [1.29, 1.82) is 0 Å². The number of fused-ring (bicyclic) bond motifs is 1. The van der Waals surface area contributed by atoms with Crippen LogP contribution in [0.1, 0.15) is 23.6 Å². The van der Waals surface area contributed by atoms with Crippen molar-refractivity contribution in [2.75, 3.05) is 6.54 Å². The van der Waals surface area contributed by atoms with Crippen LogP contribution in [0.25, 0.3) is 10.9 Å². The Kier molecular flexibility index (Phi) is 3.97. The lowest BCUT2D eigenvalue weighted by Gasteiger charge is -2.25. The van der Waals surface area contributed by atoms with Crippen LogP contribution in [0.4, 0.5) is 4.39 Å². The average Bonchev–Trinajstić information content (AvgIpc) is 3.21. The third-order valence-corrected chi connectivity index (χ3v) is 4.71. The molecule has 0 bridgehead atoms. The number of H-pyrrole nitrogens is 1. The number of nitrogens with one attached hydrogen (secondary N) is 1. The molecule has 25 heavy (non-hydrogen) atoms. The highest BCUT2D eigenvalue weighted by Gasteiger charge is 2.35. The molecule has 0 radical (unpaired) electrons. The normalized spacial score (nSPS) is 20.3. The van der Waals surface area contributed by atoms with Gasteiger partial charge in [-0.05, 0) is 41.8 Å². The van der Waals surface area contributed by atoms with Crippen LogP contribution in [0.5, 0.6) is 0 Å².